The normalized spacial score (nSPS) is 10.9. The van der Waals surface area contributed by atoms with Gasteiger partial charge in [0.2, 0.25) is 0 Å². The van der Waals surface area contributed by atoms with Crippen LogP contribution in [0.4, 0.5) is 0 Å². The average Bonchev–Trinajstić information content (AvgIpc) is 2.75. The van der Waals surface area contributed by atoms with Crippen LogP contribution in [0.2, 0.25) is 0 Å². The molecular weight excluding hydrogens is 388 g/mol. The van der Waals surface area contributed by atoms with Gasteiger partial charge in [0.1, 0.15) is 11.3 Å². The summed E-state index contributed by atoms with van der Waals surface area (Å²) in [6, 6.07) is 13.0. The summed E-state index contributed by atoms with van der Waals surface area (Å²) in [7, 11) is 2.51. The molecule has 1 heterocycles. The SMILES string of the molecule is COC(=O)c1ccc(C(=O)OC)c(-c2c3ccc(=O)cc-3oc3cc([O-])ccc23)c1. The summed E-state index contributed by atoms with van der Waals surface area (Å²) < 4.78 is 15.5. The summed E-state index contributed by atoms with van der Waals surface area (Å²) >= 11 is 0. The van der Waals surface area contributed by atoms with Crippen LogP contribution in [-0.4, -0.2) is 26.2 Å². The number of methoxy groups -OCH3 is 2. The van der Waals surface area contributed by atoms with Crippen LogP contribution >= 0.6 is 0 Å². The van der Waals surface area contributed by atoms with Crippen LogP contribution in [0, 0.1) is 0 Å². The van der Waals surface area contributed by atoms with Crippen molar-refractivity contribution in [2.24, 2.45) is 0 Å². The Morgan fingerprint density at radius 3 is 2.37 bits per heavy atom. The molecule has 2 aliphatic rings. The van der Waals surface area contributed by atoms with Gasteiger partial charge < -0.3 is 19.0 Å². The van der Waals surface area contributed by atoms with Gasteiger partial charge in [-0.05, 0) is 42.0 Å². The van der Waals surface area contributed by atoms with Crippen molar-refractivity contribution < 1.29 is 28.6 Å². The molecule has 1 aliphatic heterocycles. The van der Waals surface area contributed by atoms with Crippen molar-refractivity contribution in [3.05, 3.63) is 75.9 Å². The van der Waals surface area contributed by atoms with Crippen LogP contribution in [-0.2, 0) is 9.47 Å². The first kappa shape index (κ1) is 19.2. The van der Waals surface area contributed by atoms with E-state index < -0.39 is 11.9 Å². The highest BCUT2D eigenvalue weighted by molar-refractivity contribution is 6.09. The molecule has 7 nitrogen and oxygen atoms in total. The minimum absolute atomic E-state index is 0.205. The molecule has 0 saturated carbocycles. The van der Waals surface area contributed by atoms with Crippen LogP contribution in [0.1, 0.15) is 20.7 Å². The standard InChI is InChI=1S/C23H16O7/c1-28-22(26)12-3-6-15(23(27)29-2)18(9-12)21-16-7-4-13(24)10-19(16)30-20-11-14(25)5-8-17(20)21/h3-11,24H,1-2H3/p-1. The van der Waals surface area contributed by atoms with Crippen LogP contribution in [0.5, 0.6) is 5.75 Å². The van der Waals surface area contributed by atoms with Crippen LogP contribution in [0.25, 0.3) is 33.4 Å². The van der Waals surface area contributed by atoms with Gasteiger partial charge in [0.15, 0.2) is 5.43 Å². The van der Waals surface area contributed by atoms with E-state index in [4.69, 9.17) is 13.9 Å². The molecule has 30 heavy (non-hydrogen) atoms. The molecule has 150 valence electrons. The van der Waals surface area contributed by atoms with Gasteiger partial charge in [0.25, 0.3) is 0 Å². The van der Waals surface area contributed by atoms with E-state index in [-0.39, 0.29) is 33.6 Å². The summed E-state index contributed by atoms with van der Waals surface area (Å²) in [5.74, 6) is -1.21. The van der Waals surface area contributed by atoms with Crippen molar-refractivity contribution in [1.82, 2.24) is 0 Å². The van der Waals surface area contributed by atoms with E-state index in [1.807, 2.05) is 0 Å². The van der Waals surface area contributed by atoms with E-state index in [0.29, 0.717) is 22.1 Å². The first-order chi connectivity index (χ1) is 14.4. The number of carbonyl (C=O) groups excluding carboxylic acids is 2. The first-order valence-electron chi connectivity index (χ1n) is 8.91. The second-order valence-electron chi connectivity index (χ2n) is 6.54. The number of hydrogen-bond acceptors (Lipinski definition) is 7. The van der Waals surface area contributed by atoms with Crippen molar-refractivity contribution in [1.29, 1.82) is 0 Å². The lowest BCUT2D eigenvalue weighted by molar-refractivity contribution is -0.268. The van der Waals surface area contributed by atoms with Gasteiger partial charge in [0.05, 0.1) is 25.3 Å². The summed E-state index contributed by atoms with van der Waals surface area (Å²) in [6.45, 7) is 0. The molecule has 0 amide bonds. The fourth-order valence-corrected chi connectivity index (χ4v) is 3.42. The fraction of sp³-hybridized carbons (Fsp3) is 0.0870. The third-order valence-corrected chi connectivity index (χ3v) is 4.78. The third kappa shape index (κ3) is 3.16. The van der Waals surface area contributed by atoms with E-state index in [2.05, 4.69) is 0 Å². The van der Waals surface area contributed by atoms with E-state index in [0.717, 1.165) is 0 Å². The molecule has 0 N–H and O–H groups in total. The number of hydrogen-bond donors (Lipinski definition) is 0. The smallest absolute Gasteiger partial charge is 0.338 e. The predicted molar refractivity (Wildman–Crippen MR) is 107 cm³/mol. The highest BCUT2D eigenvalue weighted by Gasteiger charge is 2.23. The Bertz CT molecular complexity index is 1330. The molecule has 0 bridgehead atoms. The maximum absolute atomic E-state index is 12.5. The van der Waals surface area contributed by atoms with Crippen molar-refractivity contribution in [2.75, 3.05) is 14.2 Å². The van der Waals surface area contributed by atoms with E-state index in [9.17, 15) is 19.5 Å². The Morgan fingerprint density at radius 1 is 0.867 bits per heavy atom. The lowest BCUT2D eigenvalue weighted by Crippen LogP contribution is -2.08. The van der Waals surface area contributed by atoms with E-state index >= 15 is 0 Å². The Hall–Kier alpha value is -4.13. The van der Waals surface area contributed by atoms with Crippen molar-refractivity contribution >= 4 is 22.9 Å². The number of carbonyl (C=O) groups is 2. The summed E-state index contributed by atoms with van der Waals surface area (Å²) in [6.07, 6.45) is 0. The number of benzene rings is 3. The Balaban J connectivity index is 2.18. The van der Waals surface area contributed by atoms with Gasteiger partial charge in [0, 0.05) is 22.6 Å². The largest absolute Gasteiger partial charge is 0.872 e. The molecule has 2 aromatic carbocycles. The summed E-state index contributed by atoms with van der Waals surface area (Å²) in [5.41, 5.74) is 1.85. The van der Waals surface area contributed by atoms with E-state index in [1.165, 1.54) is 56.7 Å². The second kappa shape index (κ2) is 7.36. The van der Waals surface area contributed by atoms with Crippen LogP contribution in [0.15, 0.2) is 63.8 Å². The molecule has 4 rings (SSSR count). The maximum Gasteiger partial charge on any atom is 0.338 e. The zero-order valence-electron chi connectivity index (χ0n) is 16.1. The van der Waals surface area contributed by atoms with Gasteiger partial charge in [-0.15, -0.1) is 5.75 Å². The maximum atomic E-state index is 12.5. The molecule has 0 saturated heterocycles. The Kier molecular flexibility index (Phi) is 4.71. The van der Waals surface area contributed by atoms with Crippen molar-refractivity contribution in [3.8, 4) is 28.2 Å². The monoisotopic (exact) mass is 403 g/mol. The van der Waals surface area contributed by atoms with Crippen molar-refractivity contribution in [2.45, 2.75) is 0 Å². The first-order valence-corrected chi connectivity index (χ1v) is 8.91. The van der Waals surface area contributed by atoms with Crippen LogP contribution in [0.3, 0.4) is 0 Å². The van der Waals surface area contributed by atoms with Gasteiger partial charge in [-0.3, -0.25) is 4.79 Å². The summed E-state index contributed by atoms with van der Waals surface area (Å²) in [5, 5.41) is 12.4. The highest BCUT2D eigenvalue weighted by Crippen LogP contribution is 2.42. The molecular formula is C23H15O7-. The van der Waals surface area contributed by atoms with E-state index in [1.54, 1.807) is 12.1 Å². The summed E-state index contributed by atoms with van der Waals surface area (Å²) in [4.78, 5) is 36.5. The zero-order chi connectivity index (χ0) is 21.4. The minimum atomic E-state index is -0.607. The molecule has 7 heteroatoms. The predicted octanol–water partition coefficient (Wildman–Crippen LogP) is 3.21. The van der Waals surface area contributed by atoms with Gasteiger partial charge in [-0.25, -0.2) is 9.59 Å². The lowest BCUT2D eigenvalue weighted by atomic mass is 9.89. The Morgan fingerprint density at radius 2 is 1.63 bits per heavy atom. The molecule has 0 radical (unpaired) electrons. The van der Waals surface area contributed by atoms with Gasteiger partial charge in [-0.1, -0.05) is 12.1 Å². The average molecular weight is 403 g/mol. The Labute approximate surface area is 170 Å². The third-order valence-electron chi connectivity index (χ3n) is 4.78. The highest BCUT2D eigenvalue weighted by atomic mass is 16.5. The molecule has 0 unspecified atom stereocenters. The second-order valence-corrected chi connectivity index (χ2v) is 6.54. The molecule has 0 spiro atoms. The molecule has 0 aromatic heterocycles. The topological polar surface area (TPSA) is 106 Å². The number of ether oxygens (including phenoxy) is 2. The number of fused-ring (bicyclic) bond motifs is 2. The van der Waals surface area contributed by atoms with Crippen LogP contribution < -0.4 is 10.5 Å². The lowest BCUT2D eigenvalue weighted by Gasteiger charge is -2.18. The quantitative estimate of drug-likeness (QED) is 0.382. The minimum Gasteiger partial charge on any atom is -0.872 e. The molecule has 0 atom stereocenters. The molecule has 1 aliphatic carbocycles. The van der Waals surface area contributed by atoms with Crippen molar-refractivity contribution in [3.63, 3.8) is 0 Å². The van der Waals surface area contributed by atoms with Gasteiger partial charge >= 0.3 is 11.9 Å². The fourth-order valence-electron chi connectivity index (χ4n) is 3.42. The molecule has 2 aromatic rings. The molecule has 0 fully saturated rings. The zero-order valence-corrected chi connectivity index (χ0v) is 16.1. The number of esters is 2. The van der Waals surface area contributed by atoms with Gasteiger partial charge in [-0.2, -0.15) is 0 Å². The number of rotatable bonds is 3.